The van der Waals surface area contributed by atoms with Gasteiger partial charge in [-0.05, 0) is 36.4 Å². The standard InChI is InChI=1S/C16H13NO5/c17-15(19)8-9-16(20)22-14-3-1-2-13(10-14)21-12-6-4-11(18)5-7-12/h1-10,18H,(H2,17,19). The topological polar surface area (TPSA) is 98.9 Å². The van der Waals surface area contributed by atoms with Crippen LogP contribution >= 0.6 is 0 Å². The van der Waals surface area contributed by atoms with E-state index in [9.17, 15) is 14.7 Å². The molecule has 2 aromatic carbocycles. The second kappa shape index (κ2) is 6.94. The molecule has 0 aliphatic carbocycles. The molecule has 0 fully saturated rings. The number of benzene rings is 2. The van der Waals surface area contributed by atoms with Crippen LogP contribution in [0.2, 0.25) is 0 Å². The highest BCUT2D eigenvalue weighted by molar-refractivity contribution is 5.94. The van der Waals surface area contributed by atoms with Crippen molar-refractivity contribution in [2.75, 3.05) is 0 Å². The van der Waals surface area contributed by atoms with Crippen LogP contribution in [-0.2, 0) is 9.59 Å². The highest BCUT2D eigenvalue weighted by atomic mass is 16.5. The minimum absolute atomic E-state index is 0.135. The number of carbonyl (C=O) groups excluding carboxylic acids is 2. The Balaban J connectivity index is 2.05. The van der Waals surface area contributed by atoms with Crippen molar-refractivity contribution in [2.45, 2.75) is 0 Å². The number of rotatable bonds is 5. The van der Waals surface area contributed by atoms with Crippen molar-refractivity contribution in [3.63, 3.8) is 0 Å². The van der Waals surface area contributed by atoms with Crippen LogP contribution in [0.1, 0.15) is 0 Å². The number of aromatic hydroxyl groups is 1. The Kier molecular flexibility index (Phi) is 4.77. The van der Waals surface area contributed by atoms with Crippen molar-refractivity contribution in [2.24, 2.45) is 5.73 Å². The van der Waals surface area contributed by atoms with E-state index < -0.39 is 11.9 Å². The van der Waals surface area contributed by atoms with Gasteiger partial charge in [-0.25, -0.2) is 4.79 Å². The number of carbonyl (C=O) groups is 2. The Hall–Kier alpha value is -3.28. The number of phenols is 1. The van der Waals surface area contributed by atoms with Gasteiger partial charge in [0.2, 0.25) is 5.91 Å². The first-order valence-corrected chi connectivity index (χ1v) is 6.29. The molecule has 112 valence electrons. The zero-order valence-corrected chi connectivity index (χ0v) is 11.4. The average Bonchev–Trinajstić information content (AvgIpc) is 2.48. The normalized spacial score (nSPS) is 10.4. The first-order chi connectivity index (χ1) is 10.5. The lowest BCUT2D eigenvalue weighted by Gasteiger charge is -2.07. The van der Waals surface area contributed by atoms with Crippen LogP contribution in [0.5, 0.6) is 23.0 Å². The third-order valence-electron chi connectivity index (χ3n) is 2.48. The molecular weight excluding hydrogens is 286 g/mol. The maximum Gasteiger partial charge on any atom is 0.336 e. The molecule has 0 spiro atoms. The third kappa shape index (κ3) is 4.68. The van der Waals surface area contributed by atoms with Gasteiger partial charge in [0, 0.05) is 18.2 Å². The lowest BCUT2D eigenvalue weighted by atomic mass is 10.3. The second-order valence-corrected chi connectivity index (χ2v) is 4.23. The second-order valence-electron chi connectivity index (χ2n) is 4.23. The van der Waals surface area contributed by atoms with Crippen LogP contribution in [0.3, 0.4) is 0 Å². The van der Waals surface area contributed by atoms with E-state index in [4.69, 9.17) is 15.2 Å². The van der Waals surface area contributed by atoms with Crippen LogP contribution in [0.15, 0.2) is 60.7 Å². The summed E-state index contributed by atoms with van der Waals surface area (Å²) in [5.41, 5.74) is 4.88. The lowest BCUT2D eigenvalue weighted by molar-refractivity contribution is -0.129. The first kappa shape index (κ1) is 15.1. The molecule has 0 radical (unpaired) electrons. The van der Waals surface area contributed by atoms with Gasteiger partial charge in [0.25, 0.3) is 0 Å². The van der Waals surface area contributed by atoms with E-state index in [-0.39, 0.29) is 11.5 Å². The number of esters is 1. The van der Waals surface area contributed by atoms with E-state index in [2.05, 4.69) is 0 Å². The maximum atomic E-state index is 11.4. The van der Waals surface area contributed by atoms with Crippen LogP contribution in [-0.4, -0.2) is 17.0 Å². The molecule has 22 heavy (non-hydrogen) atoms. The fourth-order valence-electron chi connectivity index (χ4n) is 1.55. The SMILES string of the molecule is NC(=O)C=CC(=O)Oc1cccc(Oc2ccc(O)cc2)c1. The Labute approximate surface area is 126 Å². The maximum absolute atomic E-state index is 11.4. The number of phenolic OH excluding ortho intramolecular Hbond substituents is 1. The first-order valence-electron chi connectivity index (χ1n) is 6.29. The van der Waals surface area contributed by atoms with E-state index in [1.165, 1.54) is 18.2 Å². The monoisotopic (exact) mass is 299 g/mol. The molecule has 3 N–H and O–H groups in total. The molecule has 0 aliphatic heterocycles. The van der Waals surface area contributed by atoms with Gasteiger partial charge in [0.1, 0.15) is 23.0 Å². The van der Waals surface area contributed by atoms with Crippen molar-refractivity contribution in [1.82, 2.24) is 0 Å². The number of primary amides is 1. The molecule has 2 aromatic rings. The van der Waals surface area contributed by atoms with Crippen LogP contribution in [0, 0.1) is 0 Å². The molecule has 0 saturated carbocycles. The number of nitrogens with two attached hydrogens (primary N) is 1. The number of ether oxygens (including phenoxy) is 2. The van der Waals surface area contributed by atoms with Crippen LogP contribution < -0.4 is 15.2 Å². The molecule has 0 aromatic heterocycles. The van der Waals surface area contributed by atoms with Crippen molar-refractivity contribution in [3.05, 3.63) is 60.7 Å². The number of hydrogen-bond acceptors (Lipinski definition) is 5. The molecule has 0 heterocycles. The minimum Gasteiger partial charge on any atom is -0.508 e. The molecule has 0 atom stereocenters. The molecule has 0 saturated heterocycles. The summed E-state index contributed by atoms with van der Waals surface area (Å²) in [5, 5.41) is 9.20. The summed E-state index contributed by atoms with van der Waals surface area (Å²) in [6, 6.07) is 12.6. The number of hydrogen-bond donors (Lipinski definition) is 2. The van der Waals surface area contributed by atoms with Gasteiger partial charge in [-0.2, -0.15) is 0 Å². The van der Waals surface area contributed by atoms with E-state index in [0.717, 1.165) is 12.2 Å². The summed E-state index contributed by atoms with van der Waals surface area (Å²) < 4.78 is 10.6. The lowest BCUT2D eigenvalue weighted by Crippen LogP contribution is -2.09. The summed E-state index contributed by atoms with van der Waals surface area (Å²) in [7, 11) is 0. The van der Waals surface area contributed by atoms with Gasteiger partial charge in [-0.15, -0.1) is 0 Å². The van der Waals surface area contributed by atoms with Gasteiger partial charge in [-0.1, -0.05) is 6.07 Å². The van der Waals surface area contributed by atoms with Gasteiger partial charge >= 0.3 is 5.97 Å². The summed E-state index contributed by atoms with van der Waals surface area (Å²) in [6.45, 7) is 0. The van der Waals surface area contributed by atoms with Crippen molar-refractivity contribution < 1.29 is 24.2 Å². The predicted octanol–water partition coefficient (Wildman–Crippen LogP) is 2.13. The molecule has 0 unspecified atom stereocenters. The van der Waals surface area contributed by atoms with Gasteiger partial charge in [0.15, 0.2) is 0 Å². The summed E-state index contributed by atoms with van der Waals surface area (Å²) in [5.74, 6) is -0.0848. The zero-order valence-electron chi connectivity index (χ0n) is 11.4. The Morgan fingerprint density at radius 3 is 2.32 bits per heavy atom. The fraction of sp³-hybridized carbons (Fsp3) is 0. The smallest absolute Gasteiger partial charge is 0.336 e. The highest BCUT2D eigenvalue weighted by Crippen LogP contribution is 2.26. The van der Waals surface area contributed by atoms with E-state index in [0.29, 0.717) is 11.5 Å². The Morgan fingerprint density at radius 1 is 0.955 bits per heavy atom. The Morgan fingerprint density at radius 2 is 1.64 bits per heavy atom. The van der Waals surface area contributed by atoms with E-state index >= 15 is 0 Å². The molecule has 6 nitrogen and oxygen atoms in total. The van der Waals surface area contributed by atoms with Gasteiger partial charge in [-0.3, -0.25) is 4.79 Å². The van der Waals surface area contributed by atoms with E-state index in [1.54, 1.807) is 30.3 Å². The number of amides is 1. The average molecular weight is 299 g/mol. The largest absolute Gasteiger partial charge is 0.508 e. The quantitative estimate of drug-likeness (QED) is 0.500. The Bertz CT molecular complexity index is 707. The summed E-state index contributed by atoms with van der Waals surface area (Å²) in [6.07, 6.45) is 1.86. The molecule has 0 bridgehead atoms. The van der Waals surface area contributed by atoms with Crippen molar-refractivity contribution in [1.29, 1.82) is 0 Å². The van der Waals surface area contributed by atoms with Crippen LogP contribution in [0.25, 0.3) is 0 Å². The zero-order chi connectivity index (χ0) is 15.9. The summed E-state index contributed by atoms with van der Waals surface area (Å²) in [4.78, 5) is 22.0. The highest BCUT2D eigenvalue weighted by Gasteiger charge is 2.04. The third-order valence-corrected chi connectivity index (χ3v) is 2.48. The summed E-state index contributed by atoms with van der Waals surface area (Å²) >= 11 is 0. The molecule has 1 amide bonds. The molecule has 6 heteroatoms. The fourth-order valence-corrected chi connectivity index (χ4v) is 1.55. The predicted molar refractivity (Wildman–Crippen MR) is 78.6 cm³/mol. The van der Waals surface area contributed by atoms with Crippen molar-refractivity contribution in [3.8, 4) is 23.0 Å². The minimum atomic E-state index is -0.735. The van der Waals surface area contributed by atoms with Gasteiger partial charge in [0.05, 0.1) is 0 Å². The molecule has 0 aliphatic rings. The van der Waals surface area contributed by atoms with E-state index in [1.807, 2.05) is 0 Å². The molecule has 2 rings (SSSR count). The molecular formula is C16H13NO5. The van der Waals surface area contributed by atoms with Gasteiger partial charge < -0.3 is 20.3 Å². The van der Waals surface area contributed by atoms with Crippen LogP contribution in [0.4, 0.5) is 0 Å². The van der Waals surface area contributed by atoms with Crippen molar-refractivity contribution >= 4 is 11.9 Å².